The highest BCUT2D eigenvalue weighted by Crippen LogP contribution is 2.33. The van der Waals surface area contributed by atoms with E-state index in [1.807, 2.05) is 5.38 Å². The van der Waals surface area contributed by atoms with E-state index in [1.54, 1.807) is 72.8 Å². The van der Waals surface area contributed by atoms with E-state index >= 15 is 0 Å². The molecule has 1 aliphatic heterocycles. The molecule has 4 aromatic rings. The number of nitrogens with one attached hydrogen (secondary N) is 2. The van der Waals surface area contributed by atoms with Gasteiger partial charge < -0.3 is 15.7 Å². The minimum atomic E-state index is -0.604. The zero-order valence-corrected chi connectivity index (χ0v) is 19.1. The van der Waals surface area contributed by atoms with Gasteiger partial charge in [0.25, 0.3) is 5.91 Å². The summed E-state index contributed by atoms with van der Waals surface area (Å²) in [6.07, 6.45) is 1.52. The molecule has 0 spiro atoms. The number of phenolic OH excluding ortho intramolecular Hbond substituents is 1. The summed E-state index contributed by atoms with van der Waals surface area (Å²) in [5.74, 6) is -1.22. The van der Waals surface area contributed by atoms with Crippen LogP contribution in [0.1, 0.15) is 37.1 Å². The lowest BCUT2D eigenvalue weighted by atomic mass is 9.97. The fraction of sp³-hybridized carbons (Fsp3) is 0.0370. The third-order valence-corrected chi connectivity index (χ3v) is 6.39. The molecule has 0 saturated heterocycles. The summed E-state index contributed by atoms with van der Waals surface area (Å²) in [6.45, 7) is 0. The fourth-order valence-corrected chi connectivity index (χ4v) is 4.43. The van der Waals surface area contributed by atoms with E-state index in [1.165, 1.54) is 23.6 Å². The molecule has 2 amide bonds. The number of amides is 2. The molecule has 0 saturated carbocycles. The number of thiophene rings is 1. The number of carbonyl (C=O) groups excluding carboxylic acids is 3. The number of ketones is 1. The van der Waals surface area contributed by atoms with E-state index in [0.29, 0.717) is 38.6 Å². The summed E-state index contributed by atoms with van der Waals surface area (Å²) >= 11 is 1.34. The molecule has 1 aliphatic rings. The van der Waals surface area contributed by atoms with Crippen molar-refractivity contribution in [3.05, 3.63) is 106 Å². The van der Waals surface area contributed by atoms with E-state index in [4.69, 9.17) is 0 Å². The standard InChI is InChI=1S/C27H19N3O4S/c31-20-7-2-5-18(14-20)28-15-22-21-10-9-17(13-23(21)30-26(22)33)25(32)16-4-1-6-19(12-16)29-27(34)24-8-3-11-35-24/h1-15,22,31H,(H,29,34)(H,30,33). The van der Waals surface area contributed by atoms with Crippen molar-refractivity contribution in [1.82, 2.24) is 0 Å². The molecule has 1 atom stereocenters. The van der Waals surface area contributed by atoms with Crippen LogP contribution in [-0.2, 0) is 4.79 Å². The number of aliphatic imine (C=N–C) groups is 1. The molecule has 7 nitrogen and oxygen atoms in total. The lowest BCUT2D eigenvalue weighted by Crippen LogP contribution is -2.12. The van der Waals surface area contributed by atoms with Crippen LogP contribution in [-0.4, -0.2) is 28.9 Å². The van der Waals surface area contributed by atoms with Crippen LogP contribution in [0.2, 0.25) is 0 Å². The molecule has 2 heterocycles. The predicted octanol–water partition coefficient (Wildman–Crippen LogP) is 5.38. The third kappa shape index (κ3) is 4.73. The lowest BCUT2D eigenvalue weighted by Gasteiger charge is -2.08. The van der Waals surface area contributed by atoms with Crippen LogP contribution in [0, 0.1) is 0 Å². The SMILES string of the molecule is O=C(c1cccc(NC(=O)c2cccs2)c1)c1ccc2c(c1)NC(=O)C2C=Nc1cccc(O)c1. The first-order valence-electron chi connectivity index (χ1n) is 10.8. The minimum Gasteiger partial charge on any atom is -0.508 e. The number of fused-ring (bicyclic) bond motifs is 1. The van der Waals surface area contributed by atoms with Crippen LogP contribution in [0.3, 0.4) is 0 Å². The Kier molecular flexibility index (Phi) is 5.95. The molecule has 1 aromatic heterocycles. The maximum absolute atomic E-state index is 13.1. The smallest absolute Gasteiger partial charge is 0.265 e. The number of hydrogen-bond donors (Lipinski definition) is 3. The van der Waals surface area contributed by atoms with E-state index in [9.17, 15) is 19.5 Å². The Balaban J connectivity index is 1.35. The van der Waals surface area contributed by atoms with Crippen molar-refractivity contribution in [3.8, 4) is 5.75 Å². The number of aromatic hydroxyl groups is 1. The zero-order valence-electron chi connectivity index (χ0n) is 18.3. The first-order valence-corrected chi connectivity index (χ1v) is 11.6. The Morgan fingerprint density at radius 1 is 0.971 bits per heavy atom. The Bertz CT molecular complexity index is 1480. The third-order valence-electron chi connectivity index (χ3n) is 5.52. The van der Waals surface area contributed by atoms with Crippen LogP contribution < -0.4 is 10.6 Å². The van der Waals surface area contributed by atoms with Gasteiger partial charge >= 0.3 is 0 Å². The average Bonchev–Trinajstić information content (AvgIpc) is 3.50. The second kappa shape index (κ2) is 9.36. The average molecular weight is 482 g/mol. The number of nitrogens with zero attached hydrogens (tertiary/aromatic N) is 1. The van der Waals surface area contributed by atoms with Gasteiger partial charge in [-0.3, -0.25) is 19.4 Å². The van der Waals surface area contributed by atoms with Gasteiger partial charge in [0.05, 0.1) is 10.6 Å². The van der Waals surface area contributed by atoms with Crippen LogP contribution in [0.4, 0.5) is 17.1 Å². The van der Waals surface area contributed by atoms with Crippen molar-refractivity contribution >= 4 is 52.2 Å². The Morgan fingerprint density at radius 2 is 1.80 bits per heavy atom. The second-order valence-electron chi connectivity index (χ2n) is 7.91. The van der Waals surface area contributed by atoms with Gasteiger partial charge in [0.1, 0.15) is 11.7 Å². The molecule has 8 heteroatoms. The molecule has 0 fully saturated rings. The molecule has 1 unspecified atom stereocenters. The van der Waals surface area contributed by atoms with Crippen LogP contribution in [0.15, 0.2) is 89.2 Å². The number of rotatable bonds is 6. The lowest BCUT2D eigenvalue weighted by molar-refractivity contribution is -0.115. The van der Waals surface area contributed by atoms with Gasteiger partial charge in [-0.2, -0.15) is 0 Å². The summed E-state index contributed by atoms with van der Waals surface area (Å²) in [7, 11) is 0. The van der Waals surface area contributed by atoms with Gasteiger partial charge in [-0.15, -0.1) is 11.3 Å². The monoisotopic (exact) mass is 481 g/mol. The van der Waals surface area contributed by atoms with Crippen molar-refractivity contribution in [2.75, 3.05) is 10.6 Å². The molecule has 0 radical (unpaired) electrons. The predicted molar refractivity (Wildman–Crippen MR) is 136 cm³/mol. The quantitative estimate of drug-likeness (QED) is 0.254. The highest BCUT2D eigenvalue weighted by molar-refractivity contribution is 7.12. The van der Waals surface area contributed by atoms with Crippen molar-refractivity contribution < 1.29 is 19.5 Å². The molecule has 172 valence electrons. The largest absolute Gasteiger partial charge is 0.508 e. The number of phenols is 1. The molecular formula is C27H19N3O4S. The van der Waals surface area contributed by atoms with E-state index < -0.39 is 5.92 Å². The van der Waals surface area contributed by atoms with Gasteiger partial charge in [-0.25, -0.2) is 0 Å². The number of hydrogen-bond acceptors (Lipinski definition) is 6. The van der Waals surface area contributed by atoms with Crippen LogP contribution in [0.25, 0.3) is 0 Å². The molecule has 3 N–H and O–H groups in total. The summed E-state index contributed by atoms with van der Waals surface area (Å²) < 4.78 is 0. The number of anilines is 2. The Morgan fingerprint density at radius 3 is 2.60 bits per heavy atom. The summed E-state index contributed by atoms with van der Waals surface area (Å²) in [6, 6.07) is 21.8. The first kappa shape index (κ1) is 22.2. The number of benzene rings is 3. The van der Waals surface area contributed by atoms with Crippen LogP contribution >= 0.6 is 11.3 Å². The van der Waals surface area contributed by atoms with Crippen molar-refractivity contribution in [1.29, 1.82) is 0 Å². The van der Waals surface area contributed by atoms with Crippen molar-refractivity contribution in [3.63, 3.8) is 0 Å². The molecular weight excluding hydrogens is 462 g/mol. The summed E-state index contributed by atoms with van der Waals surface area (Å²) in [4.78, 5) is 42.9. The van der Waals surface area contributed by atoms with Crippen LogP contribution in [0.5, 0.6) is 5.75 Å². The second-order valence-corrected chi connectivity index (χ2v) is 8.86. The Hall–Kier alpha value is -4.56. The highest BCUT2D eigenvalue weighted by Gasteiger charge is 2.30. The van der Waals surface area contributed by atoms with Gasteiger partial charge in [0.15, 0.2) is 5.78 Å². The first-order chi connectivity index (χ1) is 17.0. The minimum absolute atomic E-state index is 0.0919. The van der Waals surface area contributed by atoms with Gasteiger partial charge in [0, 0.05) is 34.8 Å². The maximum atomic E-state index is 13.1. The topological polar surface area (TPSA) is 108 Å². The van der Waals surface area contributed by atoms with Gasteiger partial charge in [-0.05, 0) is 47.3 Å². The summed E-state index contributed by atoms with van der Waals surface area (Å²) in [5.41, 5.74) is 3.15. The Labute approximate surface area is 204 Å². The van der Waals surface area contributed by atoms with Gasteiger partial charge in [-0.1, -0.05) is 36.4 Å². The van der Waals surface area contributed by atoms with E-state index in [2.05, 4.69) is 15.6 Å². The number of carbonyl (C=O) groups is 3. The molecule has 3 aromatic carbocycles. The summed E-state index contributed by atoms with van der Waals surface area (Å²) in [5, 5.41) is 17.0. The molecule has 0 bridgehead atoms. The highest BCUT2D eigenvalue weighted by atomic mass is 32.1. The zero-order chi connectivity index (χ0) is 24.4. The maximum Gasteiger partial charge on any atom is 0.265 e. The van der Waals surface area contributed by atoms with Crippen molar-refractivity contribution in [2.45, 2.75) is 5.92 Å². The van der Waals surface area contributed by atoms with Crippen molar-refractivity contribution in [2.24, 2.45) is 4.99 Å². The normalized spacial score (nSPS) is 14.5. The fourth-order valence-electron chi connectivity index (χ4n) is 3.82. The van der Waals surface area contributed by atoms with E-state index in [-0.39, 0.29) is 23.3 Å². The molecule has 0 aliphatic carbocycles. The molecule has 5 rings (SSSR count). The molecule has 35 heavy (non-hydrogen) atoms. The van der Waals surface area contributed by atoms with E-state index in [0.717, 1.165) is 0 Å². The van der Waals surface area contributed by atoms with Gasteiger partial charge in [0.2, 0.25) is 5.91 Å².